The molecule has 2 aliphatic heterocycles. The van der Waals surface area contributed by atoms with Crippen molar-refractivity contribution in [2.45, 2.75) is 18.4 Å². The van der Waals surface area contributed by atoms with Crippen molar-refractivity contribution in [1.29, 1.82) is 0 Å². The molecule has 1 aromatic heterocycles. The highest BCUT2D eigenvalue weighted by Crippen LogP contribution is 2.46. The third-order valence-electron chi connectivity index (χ3n) is 6.20. The molecule has 3 heterocycles. The summed E-state index contributed by atoms with van der Waals surface area (Å²) >= 11 is 6.23. The number of likely N-dealkylation sites (tertiary alicyclic amines) is 1. The zero-order valence-corrected chi connectivity index (χ0v) is 18.2. The van der Waals surface area contributed by atoms with E-state index in [0.717, 1.165) is 17.1 Å². The number of rotatable bonds is 3. The molecule has 0 atom stereocenters. The highest BCUT2D eigenvalue weighted by molar-refractivity contribution is 6.30. The van der Waals surface area contributed by atoms with Crippen molar-refractivity contribution in [2.75, 3.05) is 27.3 Å². The average molecular weight is 439 g/mol. The molecular formula is C24H23ClN2O4. The molecule has 1 spiro atoms. The summed E-state index contributed by atoms with van der Waals surface area (Å²) in [6.07, 6.45) is 3.39. The maximum Gasteiger partial charge on any atom is 0.261 e. The number of carbonyl (C=O) groups is 1. The standard InChI is InChI=1S/C24H23ClN2O4/c1-29-18-5-3-6-19(30-2)22(18)23(28)26-13-10-24(11-14-26)21-7-4-12-27(21)17-9-8-16(25)15-20(17)31-24/h3-9,12,15H,10-11,13-14H2,1-2H3. The fourth-order valence-electron chi connectivity index (χ4n) is 4.64. The molecule has 2 aliphatic rings. The van der Waals surface area contributed by atoms with E-state index in [1.165, 1.54) is 0 Å². The number of carbonyl (C=O) groups excluding carboxylic acids is 1. The number of benzene rings is 2. The Balaban J connectivity index is 1.43. The van der Waals surface area contributed by atoms with Gasteiger partial charge in [-0.05, 0) is 36.4 Å². The molecule has 1 amide bonds. The van der Waals surface area contributed by atoms with Crippen LogP contribution in [0.25, 0.3) is 5.69 Å². The minimum atomic E-state index is -0.497. The van der Waals surface area contributed by atoms with E-state index in [4.69, 9.17) is 25.8 Å². The van der Waals surface area contributed by atoms with Crippen LogP contribution in [0.15, 0.2) is 54.7 Å². The lowest BCUT2D eigenvalue weighted by molar-refractivity contribution is -0.00942. The fraction of sp³-hybridized carbons (Fsp3) is 0.292. The zero-order chi connectivity index (χ0) is 21.6. The molecule has 3 aromatic rings. The van der Waals surface area contributed by atoms with Crippen LogP contribution in [0.2, 0.25) is 5.02 Å². The molecule has 0 radical (unpaired) electrons. The van der Waals surface area contributed by atoms with Gasteiger partial charge in [0.25, 0.3) is 5.91 Å². The fourth-order valence-corrected chi connectivity index (χ4v) is 4.81. The van der Waals surface area contributed by atoms with Gasteiger partial charge in [-0.1, -0.05) is 17.7 Å². The maximum atomic E-state index is 13.4. The predicted octanol–water partition coefficient (Wildman–Crippen LogP) is 4.67. The quantitative estimate of drug-likeness (QED) is 0.596. The van der Waals surface area contributed by atoms with Gasteiger partial charge in [0.2, 0.25) is 0 Å². The summed E-state index contributed by atoms with van der Waals surface area (Å²) in [5.41, 5.74) is 2.04. The van der Waals surface area contributed by atoms with Crippen molar-refractivity contribution in [2.24, 2.45) is 0 Å². The van der Waals surface area contributed by atoms with E-state index >= 15 is 0 Å². The van der Waals surface area contributed by atoms with Crippen molar-refractivity contribution in [3.05, 3.63) is 71.0 Å². The van der Waals surface area contributed by atoms with Crippen LogP contribution < -0.4 is 14.2 Å². The normalized spacial score (nSPS) is 16.3. The number of aromatic nitrogens is 1. The number of hydrogen-bond acceptors (Lipinski definition) is 4. The number of methoxy groups -OCH3 is 2. The van der Waals surface area contributed by atoms with Crippen LogP contribution in [0.3, 0.4) is 0 Å². The zero-order valence-electron chi connectivity index (χ0n) is 17.4. The van der Waals surface area contributed by atoms with Crippen LogP contribution in [0.1, 0.15) is 28.9 Å². The van der Waals surface area contributed by atoms with Gasteiger partial charge in [-0.15, -0.1) is 0 Å². The average Bonchev–Trinajstić information content (AvgIpc) is 3.29. The van der Waals surface area contributed by atoms with Gasteiger partial charge < -0.3 is 23.7 Å². The van der Waals surface area contributed by atoms with E-state index < -0.39 is 5.60 Å². The van der Waals surface area contributed by atoms with Crippen LogP contribution in [0.4, 0.5) is 0 Å². The van der Waals surface area contributed by atoms with Crippen LogP contribution in [0.5, 0.6) is 17.2 Å². The Morgan fingerprint density at radius 2 is 1.74 bits per heavy atom. The molecule has 6 nitrogen and oxygen atoms in total. The molecule has 0 aliphatic carbocycles. The summed E-state index contributed by atoms with van der Waals surface area (Å²) in [5.74, 6) is 1.69. The van der Waals surface area contributed by atoms with Gasteiger partial charge in [0.05, 0.1) is 25.6 Å². The van der Waals surface area contributed by atoms with Gasteiger partial charge in [-0.2, -0.15) is 0 Å². The minimum absolute atomic E-state index is 0.0983. The topological polar surface area (TPSA) is 52.9 Å². The Morgan fingerprint density at radius 3 is 2.42 bits per heavy atom. The third-order valence-corrected chi connectivity index (χ3v) is 6.44. The second kappa shape index (κ2) is 7.54. The summed E-state index contributed by atoms with van der Waals surface area (Å²) in [5, 5.41) is 0.639. The van der Waals surface area contributed by atoms with Crippen molar-refractivity contribution in [1.82, 2.24) is 9.47 Å². The first-order valence-corrected chi connectivity index (χ1v) is 10.6. The number of ether oxygens (including phenoxy) is 3. The Hall–Kier alpha value is -3.12. The number of fused-ring (bicyclic) bond motifs is 4. The number of piperidine rings is 1. The van der Waals surface area contributed by atoms with Crippen LogP contribution in [0, 0.1) is 0 Å². The highest BCUT2D eigenvalue weighted by atomic mass is 35.5. The van der Waals surface area contributed by atoms with Crippen molar-refractivity contribution >= 4 is 17.5 Å². The Labute approximate surface area is 185 Å². The van der Waals surface area contributed by atoms with Gasteiger partial charge in [0.1, 0.15) is 22.8 Å². The lowest BCUT2D eigenvalue weighted by Crippen LogP contribution is -2.50. The van der Waals surface area contributed by atoms with Crippen LogP contribution >= 0.6 is 11.6 Å². The minimum Gasteiger partial charge on any atom is -0.496 e. The van der Waals surface area contributed by atoms with E-state index in [-0.39, 0.29) is 5.91 Å². The van der Waals surface area contributed by atoms with E-state index in [9.17, 15) is 4.79 Å². The number of halogens is 1. The Bertz CT molecular complexity index is 1130. The largest absolute Gasteiger partial charge is 0.496 e. The third kappa shape index (κ3) is 3.13. The molecular weight excluding hydrogens is 416 g/mol. The molecule has 160 valence electrons. The number of nitrogens with zero attached hydrogens (tertiary/aromatic N) is 2. The monoisotopic (exact) mass is 438 g/mol. The smallest absolute Gasteiger partial charge is 0.261 e. The first-order valence-electron chi connectivity index (χ1n) is 10.2. The number of hydrogen-bond donors (Lipinski definition) is 0. The van der Waals surface area contributed by atoms with Crippen molar-refractivity contribution in [3.63, 3.8) is 0 Å². The van der Waals surface area contributed by atoms with E-state index in [1.807, 2.05) is 41.4 Å². The van der Waals surface area contributed by atoms with E-state index in [1.54, 1.807) is 26.4 Å². The second-order valence-electron chi connectivity index (χ2n) is 7.80. The molecule has 7 heteroatoms. The Morgan fingerprint density at radius 1 is 1.03 bits per heavy atom. The molecule has 1 fully saturated rings. The van der Waals surface area contributed by atoms with Gasteiger partial charge in [-0.3, -0.25) is 4.79 Å². The molecule has 2 aromatic carbocycles. The first kappa shape index (κ1) is 19.8. The van der Waals surface area contributed by atoms with Gasteiger partial charge in [-0.25, -0.2) is 0 Å². The van der Waals surface area contributed by atoms with Gasteiger partial charge in [0.15, 0.2) is 5.60 Å². The number of amides is 1. The van der Waals surface area contributed by atoms with Gasteiger partial charge in [0, 0.05) is 43.2 Å². The molecule has 0 N–H and O–H groups in total. The molecule has 1 saturated heterocycles. The van der Waals surface area contributed by atoms with E-state index in [0.29, 0.717) is 48.0 Å². The molecule has 0 saturated carbocycles. The highest BCUT2D eigenvalue weighted by Gasteiger charge is 2.45. The molecule has 31 heavy (non-hydrogen) atoms. The molecule has 0 unspecified atom stereocenters. The SMILES string of the molecule is COc1cccc(OC)c1C(=O)N1CCC2(CC1)Oc1cc(Cl)ccc1-n1cccc12. The summed E-state index contributed by atoms with van der Waals surface area (Å²) < 4.78 is 19.6. The van der Waals surface area contributed by atoms with Crippen LogP contribution in [-0.4, -0.2) is 42.7 Å². The first-order chi connectivity index (χ1) is 15.1. The lowest BCUT2D eigenvalue weighted by Gasteiger charge is -2.45. The Kier molecular flexibility index (Phi) is 4.82. The summed E-state index contributed by atoms with van der Waals surface area (Å²) in [4.78, 5) is 15.2. The lowest BCUT2D eigenvalue weighted by atomic mass is 9.86. The second-order valence-corrected chi connectivity index (χ2v) is 8.24. The molecule has 5 rings (SSSR count). The van der Waals surface area contributed by atoms with Crippen LogP contribution in [-0.2, 0) is 5.60 Å². The maximum absolute atomic E-state index is 13.4. The predicted molar refractivity (Wildman–Crippen MR) is 118 cm³/mol. The molecule has 0 bridgehead atoms. The van der Waals surface area contributed by atoms with Crippen molar-refractivity contribution < 1.29 is 19.0 Å². The summed E-state index contributed by atoms with van der Waals surface area (Å²) in [6.45, 7) is 1.11. The summed E-state index contributed by atoms with van der Waals surface area (Å²) in [6, 6.07) is 15.2. The van der Waals surface area contributed by atoms with Crippen molar-refractivity contribution in [3.8, 4) is 22.9 Å². The van der Waals surface area contributed by atoms with E-state index in [2.05, 4.69) is 10.6 Å². The summed E-state index contributed by atoms with van der Waals surface area (Å²) in [7, 11) is 3.12. The van der Waals surface area contributed by atoms with Gasteiger partial charge >= 0.3 is 0 Å².